The molecular weight excluding hydrogens is 328 g/mol. The summed E-state index contributed by atoms with van der Waals surface area (Å²) in [6.45, 7) is 8.29. The monoisotopic (exact) mass is 352 g/mol. The molecule has 2 fully saturated rings. The highest BCUT2D eigenvalue weighted by Gasteiger charge is 2.28. The van der Waals surface area contributed by atoms with E-state index >= 15 is 0 Å². The van der Waals surface area contributed by atoms with Crippen molar-refractivity contribution in [1.29, 1.82) is 5.26 Å². The molecule has 0 spiro atoms. The van der Waals surface area contributed by atoms with Crippen molar-refractivity contribution < 1.29 is 9.47 Å². The van der Waals surface area contributed by atoms with Gasteiger partial charge >= 0.3 is 0 Å². The first-order chi connectivity index (χ1) is 12.7. The van der Waals surface area contributed by atoms with Gasteiger partial charge in [-0.3, -0.25) is 9.88 Å². The number of hydrogen-bond donors (Lipinski definition) is 0. The van der Waals surface area contributed by atoms with Crippen LogP contribution in [0.15, 0.2) is 30.5 Å². The van der Waals surface area contributed by atoms with E-state index in [1.54, 1.807) is 6.20 Å². The Labute approximate surface area is 153 Å². The van der Waals surface area contributed by atoms with Gasteiger partial charge in [0.15, 0.2) is 0 Å². The van der Waals surface area contributed by atoms with Gasteiger partial charge in [0.2, 0.25) is 0 Å². The van der Waals surface area contributed by atoms with Crippen molar-refractivity contribution in [2.24, 2.45) is 0 Å². The van der Waals surface area contributed by atoms with Gasteiger partial charge in [0.05, 0.1) is 36.5 Å². The zero-order valence-corrected chi connectivity index (χ0v) is 15.1. The minimum absolute atomic E-state index is 0.164. The molecule has 26 heavy (non-hydrogen) atoms. The maximum absolute atomic E-state index is 9.36. The fourth-order valence-electron chi connectivity index (χ4n) is 3.94. The van der Waals surface area contributed by atoms with Crippen LogP contribution in [-0.4, -0.2) is 68.0 Å². The first kappa shape index (κ1) is 17.2. The lowest BCUT2D eigenvalue weighted by Gasteiger charge is -2.41. The first-order valence-electron chi connectivity index (χ1n) is 9.23. The highest BCUT2D eigenvalue weighted by Crippen LogP contribution is 2.30. The minimum atomic E-state index is 0.164. The summed E-state index contributed by atoms with van der Waals surface area (Å²) < 4.78 is 11.6. The molecule has 136 valence electrons. The van der Waals surface area contributed by atoms with Crippen LogP contribution >= 0.6 is 0 Å². The number of rotatable bonds is 3. The first-order valence-corrected chi connectivity index (χ1v) is 9.23. The fraction of sp³-hybridized carbons (Fsp3) is 0.500. The summed E-state index contributed by atoms with van der Waals surface area (Å²) >= 11 is 0. The second-order valence-electron chi connectivity index (χ2n) is 7.03. The molecule has 0 saturated carbocycles. The Morgan fingerprint density at radius 3 is 2.88 bits per heavy atom. The van der Waals surface area contributed by atoms with Crippen LogP contribution < -0.4 is 4.90 Å². The standard InChI is InChI=1S/C20H24N4O2/c1-15-12-24(14-17(26-15)13-23-7-9-25-10-8-23)19-5-4-16(11-21)20-18(19)3-2-6-22-20/h2-6,15,17H,7-10,12-14H2,1H3/t15-,17+/m1/s1. The van der Waals surface area contributed by atoms with E-state index in [2.05, 4.69) is 33.8 Å². The van der Waals surface area contributed by atoms with Gasteiger partial charge in [-0.1, -0.05) is 0 Å². The van der Waals surface area contributed by atoms with E-state index in [-0.39, 0.29) is 12.2 Å². The molecule has 1 aromatic heterocycles. The van der Waals surface area contributed by atoms with E-state index in [0.717, 1.165) is 62.5 Å². The van der Waals surface area contributed by atoms with Crippen molar-refractivity contribution in [3.8, 4) is 6.07 Å². The molecule has 0 N–H and O–H groups in total. The molecule has 2 aromatic rings. The Kier molecular flexibility index (Phi) is 5.02. The fourth-order valence-corrected chi connectivity index (χ4v) is 3.94. The smallest absolute Gasteiger partial charge is 0.101 e. The van der Waals surface area contributed by atoms with Crippen molar-refractivity contribution in [3.63, 3.8) is 0 Å². The maximum Gasteiger partial charge on any atom is 0.101 e. The van der Waals surface area contributed by atoms with Crippen LogP contribution in [-0.2, 0) is 9.47 Å². The maximum atomic E-state index is 9.36. The Bertz CT molecular complexity index is 813. The molecular formula is C20H24N4O2. The SMILES string of the molecule is C[C@@H]1CN(c2ccc(C#N)c3ncccc23)C[C@H](CN2CCOCC2)O1. The summed E-state index contributed by atoms with van der Waals surface area (Å²) in [5.74, 6) is 0. The normalized spacial score (nSPS) is 24.5. The molecule has 2 aliphatic rings. The molecule has 0 amide bonds. The summed E-state index contributed by atoms with van der Waals surface area (Å²) in [6.07, 6.45) is 2.08. The number of ether oxygens (including phenoxy) is 2. The molecule has 6 heteroatoms. The molecule has 0 unspecified atom stereocenters. The van der Waals surface area contributed by atoms with Crippen molar-refractivity contribution in [2.45, 2.75) is 19.1 Å². The van der Waals surface area contributed by atoms with Gasteiger partial charge in [-0.05, 0) is 31.2 Å². The van der Waals surface area contributed by atoms with Crippen molar-refractivity contribution >= 4 is 16.6 Å². The van der Waals surface area contributed by atoms with E-state index < -0.39 is 0 Å². The highest BCUT2D eigenvalue weighted by molar-refractivity contribution is 5.95. The van der Waals surface area contributed by atoms with Crippen LogP contribution in [0.1, 0.15) is 12.5 Å². The number of anilines is 1. The highest BCUT2D eigenvalue weighted by atomic mass is 16.5. The number of nitriles is 1. The summed E-state index contributed by atoms with van der Waals surface area (Å²) in [7, 11) is 0. The average Bonchev–Trinajstić information content (AvgIpc) is 2.67. The molecule has 0 bridgehead atoms. The average molecular weight is 352 g/mol. The zero-order valence-electron chi connectivity index (χ0n) is 15.1. The molecule has 2 aliphatic heterocycles. The molecule has 1 aromatic carbocycles. The van der Waals surface area contributed by atoms with Gasteiger partial charge in [0.25, 0.3) is 0 Å². The molecule has 3 heterocycles. The van der Waals surface area contributed by atoms with E-state index in [1.165, 1.54) is 0 Å². The summed E-state index contributed by atoms with van der Waals surface area (Å²) in [5.41, 5.74) is 2.53. The Hall–Kier alpha value is -2.20. The topological polar surface area (TPSA) is 61.6 Å². The van der Waals surface area contributed by atoms with Crippen LogP contribution in [0.25, 0.3) is 10.9 Å². The van der Waals surface area contributed by atoms with E-state index in [4.69, 9.17) is 9.47 Å². The number of hydrogen-bond acceptors (Lipinski definition) is 6. The lowest BCUT2D eigenvalue weighted by Crippen LogP contribution is -2.52. The van der Waals surface area contributed by atoms with Crippen LogP contribution in [0.4, 0.5) is 5.69 Å². The van der Waals surface area contributed by atoms with Crippen LogP contribution in [0.3, 0.4) is 0 Å². The van der Waals surface area contributed by atoms with Crippen LogP contribution in [0, 0.1) is 11.3 Å². The predicted octanol–water partition coefficient (Wildman–Crippen LogP) is 2.03. The van der Waals surface area contributed by atoms with Gasteiger partial charge < -0.3 is 14.4 Å². The summed E-state index contributed by atoms with van der Waals surface area (Å²) in [6, 6.07) is 10.2. The lowest BCUT2D eigenvalue weighted by atomic mass is 10.1. The van der Waals surface area contributed by atoms with E-state index in [1.807, 2.05) is 18.2 Å². The molecule has 2 saturated heterocycles. The Morgan fingerprint density at radius 2 is 2.08 bits per heavy atom. The third kappa shape index (κ3) is 3.51. The molecule has 2 atom stereocenters. The zero-order chi connectivity index (χ0) is 17.9. The van der Waals surface area contributed by atoms with Crippen molar-refractivity contribution in [2.75, 3.05) is 50.8 Å². The number of morpholine rings is 2. The van der Waals surface area contributed by atoms with Crippen LogP contribution in [0.5, 0.6) is 0 Å². The third-order valence-electron chi connectivity index (χ3n) is 5.10. The minimum Gasteiger partial charge on any atom is -0.379 e. The largest absolute Gasteiger partial charge is 0.379 e. The second-order valence-corrected chi connectivity index (χ2v) is 7.03. The van der Waals surface area contributed by atoms with E-state index in [0.29, 0.717) is 5.56 Å². The number of fused-ring (bicyclic) bond motifs is 1. The quantitative estimate of drug-likeness (QED) is 0.842. The molecule has 4 rings (SSSR count). The summed E-state index contributed by atoms with van der Waals surface area (Å²) in [5, 5.41) is 10.4. The lowest BCUT2D eigenvalue weighted by molar-refractivity contribution is -0.0482. The van der Waals surface area contributed by atoms with Crippen molar-refractivity contribution in [1.82, 2.24) is 9.88 Å². The number of pyridine rings is 1. The van der Waals surface area contributed by atoms with Crippen LogP contribution in [0.2, 0.25) is 0 Å². The number of aromatic nitrogens is 1. The third-order valence-corrected chi connectivity index (χ3v) is 5.10. The van der Waals surface area contributed by atoms with Gasteiger partial charge in [-0.15, -0.1) is 0 Å². The Balaban J connectivity index is 1.59. The van der Waals surface area contributed by atoms with Gasteiger partial charge in [0, 0.05) is 50.0 Å². The number of benzene rings is 1. The molecule has 6 nitrogen and oxygen atoms in total. The predicted molar refractivity (Wildman–Crippen MR) is 100 cm³/mol. The van der Waals surface area contributed by atoms with E-state index in [9.17, 15) is 5.26 Å². The molecule has 0 aliphatic carbocycles. The van der Waals surface area contributed by atoms with Gasteiger partial charge in [0.1, 0.15) is 6.07 Å². The second kappa shape index (κ2) is 7.58. The molecule has 0 radical (unpaired) electrons. The van der Waals surface area contributed by atoms with Gasteiger partial charge in [-0.25, -0.2) is 0 Å². The summed E-state index contributed by atoms with van der Waals surface area (Å²) in [4.78, 5) is 9.24. The Morgan fingerprint density at radius 1 is 1.23 bits per heavy atom. The number of nitrogens with zero attached hydrogens (tertiary/aromatic N) is 4. The van der Waals surface area contributed by atoms with Crippen molar-refractivity contribution in [3.05, 3.63) is 36.0 Å². The van der Waals surface area contributed by atoms with Gasteiger partial charge in [-0.2, -0.15) is 5.26 Å².